The van der Waals surface area contributed by atoms with E-state index in [1.807, 2.05) is 22.9 Å². The molecular weight excluding hydrogens is 362 g/mol. The summed E-state index contributed by atoms with van der Waals surface area (Å²) in [5, 5.41) is 3.93. The standard InChI is InChI=1S/C17H15NO5S2/c19-25(20,14-2-4-16-17(9-14)22-7-6-21-16)18-10-13-1-3-15(23-13)12-5-8-24-11-12/h1-5,8-9,11,18H,6-7,10H2. The molecule has 0 saturated heterocycles. The third kappa shape index (κ3) is 3.41. The number of fused-ring (bicyclic) bond motifs is 1. The van der Waals surface area contributed by atoms with Crippen LogP contribution in [0.4, 0.5) is 0 Å². The van der Waals surface area contributed by atoms with Gasteiger partial charge in [-0.15, -0.1) is 0 Å². The van der Waals surface area contributed by atoms with Gasteiger partial charge < -0.3 is 13.9 Å². The van der Waals surface area contributed by atoms with E-state index in [-0.39, 0.29) is 11.4 Å². The van der Waals surface area contributed by atoms with E-state index in [0.29, 0.717) is 30.5 Å². The second-order valence-electron chi connectivity index (χ2n) is 5.41. The third-order valence-electron chi connectivity index (χ3n) is 3.73. The maximum atomic E-state index is 12.5. The summed E-state index contributed by atoms with van der Waals surface area (Å²) in [6, 6.07) is 10.1. The van der Waals surface area contributed by atoms with Gasteiger partial charge in [0, 0.05) is 17.0 Å². The van der Waals surface area contributed by atoms with Gasteiger partial charge >= 0.3 is 0 Å². The van der Waals surface area contributed by atoms with Crippen LogP contribution < -0.4 is 14.2 Å². The Labute approximate surface area is 149 Å². The molecule has 1 aliphatic heterocycles. The van der Waals surface area contributed by atoms with Crippen LogP contribution in [-0.2, 0) is 16.6 Å². The number of hydrogen-bond donors (Lipinski definition) is 1. The number of sulfonamides is 1. The van der Waals surface area contributed by atoms with Crippen molar-refractivity contribution >= 4 is 21.4 Å². The van der Waals surface area contributed by atoms with Crippen LogP contribution in [0.5, 0.6) is 11.5 Å². The molecule has 3 heterocycles. The molecule has 8 heteroatoms. The Hall–Kier alpha value is -2.29. The van der Waals surface area contributed by atoms with Crippen LogP contribution in [0.15, 0.2) is 56.5 Å². The van der Waals surface area contributed by atoms with E-state index in [4.69, 9.17) is 13.9 Å². The molecule has 0 unspecified atom stereocenters. The molecule has 0 saturated carbocycles. The Balaban J connectivity index is 1.48. The van der Waals surface area contributed by atoms with E-state index in [1.54, 1.807) is 23.5 Å². The molecule has 0 aliphatic carbocycles. The molecule has 0 amide bonds. The second-order valence-corrected chi connectivity index (χ2v) is 7.95. The Kier molecular flexibility index (Phi) is 4.24. The second kappa shape index (κ2) is 6.55. The Morgan fingerprint density at radius 3 is 2.68 bits per heavy atom. The summed E-state index contributed by atoms with van der Waals surface area (Å²) in [7, 11) is -3.68. The zero-order valence-electron chi connectivity index (χ0n) is 13.1. The van der Waals surface area contributed by atoms with Gasteiger partial charge in [0.15, 0.2) is 11.5 Å². The normalized spacial score (nSPS) is 13.8. The van der Waals surface area contributed by atoms with E-state index >= 15 is 0 Å². The van der Waals surface area contributed by atoms with Crippen LogP contribution in [0.2, 0.25) is 0 Å². The summed E-state index contributed by atoms with van der Waals surface area (Å²) in [4.78, 5) is 0.126. The first kappa shape index (κ1) is 16.2. The van der Waals surface area contributed by atoms with Gasteiger partial charge in [-0.1, -0.05) is 0 Å². The largest absolute Gasteiger partial charge is 0.486 e. The van der Waals surface area contributed by atoms with Crippen molar-refractivity contribution in [3.8, 4) is 22.8 Å². The topological polar surface area (TPSA) is 77.8 Å². The number of benzene rings is 1. The lowest BCUT2D eigenvalue weighted by Crippen LogP contribution is -2.23. The van der Waals surface area contributed by atoms with Gasteiger partial charge in [-0.25, -0.2) is 13.1 Å². The molecule has 1 N–H and O–H groups in total. The highest BCUT2D eigenvalue weighted by Gasteiger charge is 2.19. The number of nitrogens with one attached hydrogen (secondary N) is 1. The minimum atomic E-state index is -3.68. The lowest BCUT2D eigenvalue weighted by molar-refractivity contribution is 0.171. The molecule has 0 atom stereocenters. The maximum Gasteiger partial charge on any atom is 0.241 e. The minimum Gasteiger partial charge on any atom is -0.486 e. The maximum absolute atomic E-state index is 12.5. The van der Waals surface area contributed by atoms with Gasteiger partial charge in [0.1, 0.15) is 24.7 Å². The fourth-order valence-electron chi connectivity index (χ4n) is 2.47. The van der Waals surface area contributed by atoms with Gasteiger partial charge in [0.2, 0.25) is 10.0 Å². The molecule has 6 nitrogen and oxygen atoms in total. The molecule has 0 spiro atoms. The van der Waals surface area contributed by atoms with Crippen molar-refractivity contribution in [3.63, 3.8) is 0 Å². The highest BCUT2D eigenvalue weighted by Crippen LogP contribution is 2.32. The highest BCUT2D eigenvalue weighted by atomic mass is 32.2. The molecule has 4 rings (SSSR count). The first-order valence-corrected chi connectivity index (χ1v) is 10.0. The molecular formula is C17H15NO5S2. The fourth-order valence-corrected chi connectivity index (χ4v) is 4.13. The molecule has 130 valence electrons. The molecule has 0 bridgehead atoms. The SMILES string of the molecule is O=S(=O)(NCc1ccc(-c2ccsc2)o1)c1ccc2c(c1)OCCO2. The Morgan fingerprint density at radius 1 is 1.04 bits per heavy atom. The molecule has 2 aromatic heterocycles. The summed E-state index contributed by atoms with van der Waals surface area (Å²) in [5.41, 5.74) is 0.978. The van der Waals surface area contributed by atoms with Gasteiger partial charge in [-0.05, 0) is 35.7 Å². The third-order valence-corrected chi connectivity index (χ3v) is 5.81. The molecule has 3 aromatic rings. The van der Waals surface area contributed by atoms with Crippen LogP contribution in [0.3, 0.4) is 0 Å². The predicted octanol–water partition coefficient (Wildman–Crippen LogP) is 3.26. The first-order chi connectivity index (χ1) is 12.1. The molecule has 0 radical (unpaired) electrons. The predicted molar refractivity (Wildman–Crippen MR) is 93.5 cm³/mol. The smallest absolute Gasteiger partial charge is 0.241 e. The monoisotopic (exact) mass is 377 g/mol. The van der Waals surface area contributed by atoms with Crippen molar-refractivity contribution in [1.29, 1.82) is 0 Å². The molecule has 25 heavy (non-hydrogen) atoms. The number of rotatable bonds is 5. The Morgan fingerprint density at radius 2 is 1.88 bits per heavy atom. The summed E-state index contributed by atoms with van der Waals surface area (Å²) < 4.78 is 44.0. The fraction of sp³-hybridized carbons (Fsp3) is 0.176. The lowest BCUT2D eigenvalue weighted by atomic mass is 10.3. The zero-order chi connectivity index (χ0) is 17.3. The summed E-state index contributed by atoms with van der Waals surface area (Å²) >= 11 is 1.58. The number of ether oxygens (including phenoxy) is 2. The van der Waals surface area contributed by atoms with E-state index in [9.17, 15) is 8.42 Å². The molecule has 0 fully saturated rings. The van der Waals surface area contributed by atoms with Crippen LogP contribution in [0.1, 0.15) is 5.76 Å². The van der Waals surface area contributed by atoms with Crippen molar-refractivity contribution in [3.05, 3.63) is 52.9 Å². The molecule has 1 aromatic carbocycles. The number of thiophene rings is 1. The zero-order valence-corrected chi connectivity index (χ0v) is 14.7. The first-order valence-electron chi connectivity index (χ1n) is 7.62. The van der Waals surface area contributed by atoms with Crippen molar-refractivity contribution < 1.29 is 22.3 Å². The highest BCUT2D eigenvalue weighted by molar-refractivity contribution is 7.89. The van der Waals surface area contributed by atoms with E-state index in [1.165, 1.54) is 12.1 Å². The van der Waals surface area contributed by atoms with E-state index in [2.05, 4.69) is 4.72 Å². The summed E-state index contributed by atoms with van der Waals surface area (Å²) in [6.45, 7) is 0.935. The van der Waals surface area contributed by atoms with Gasteiger partial charge in [-0.3, -0.25) is 0 Å². The average Bonchev–Trinajstić information content (AvgIpc) is 3.31. The van der Waals surface area contributed by atoms with Gasteiger partial charge in [0.25, 0.3) is 0 Å². The van der Waals surface area contributed by atoms with Crippen molar-refractivity contribution in [2.24, 2.45) is 0 Å². The number of furan rings is 1. The van der Waals surface area contributed by atoms with Crippen LogP contribution in [-0.4, -0.2) is 21.6 Å². The van der Waals surface area contributed by atoms with Gasteiger partial charge in [-0.2, -0.15) is 11.3 Å². The summed E-state index contributed by atoms with van der Waals surface area (Å²) in [6.07, 6.45) is 0. The van der Waals surface area contributed by atoms with Crippen LogP contribution in [0.25, 0.3) is 11.3 Å². The Bertz CT molecular complexity index is 976. The van der Waals surface area contributed by atoms with Gasteiger partial charge in [0.05, 0.1) is 11.4 Å². The van der Waals surface area contributed by atoms with Crippen LogP contribution in [0, 0.1) is 0 Å². The van der Waals surface area contributed by atoms with Crippen molar-refractivity contribution in [1.82, 2.24) is 4.72 Å². The minimum absolute atomic E-state index is 0.0703. The van der Waals surface area contributed by atoms with Crippen molar-refractivity contribution in [2.75, 3.05) is 13.2 Å². The quantitative estimate of drug-likeness (QED) is 0.738. The van der Waals surface area contributed by atoms with Crippen molar-refractivity contribution in [2.45, 2.75) is 11.4 Å². The summed E-state index contributed by atoms with van der Waals surface area (Å²) in [5.74, 6) is 2.25. The molecule has 1 aliphatic rings. The average molecular weight is 377 g/mol. The lowest BCUT2D eigenvalue weighted by Gasteiger charge is -2.18. The van der Waals surface area contributed by atoms with Crippen LogP contribution >= 0.6 is 11.3 Å². The van der Waals surface area contributed by atoms with E-state index < -0.39 is 10.0 Å². The van der Waals surface area contributed by atoms with E-state index in [0.717, 1.165) is 11.3 Å². The number of hydrogen-bond acceptors (Lipinski definition) is 6.